The van der Waals surface area contributed by atoms with Crippen molar-refractivity contribution in [1.82, 2.24) is 4.31 Å². The Kier molecular flexibility index (Phi) is 7.50. The first-order chi connectivity index (χ1) is 13.0. The molecule has 2 aliphatic heterocycles. The van der Waals surface area contributed by atoms with Gasteiger partial charge in [0.05, 0.1) is 7.11 Å². The lowest BCUT2D eigenvalue weighted by Gasteiger charge is -2.41. The van der Waals surface area contributed by atoms with Gasteiger partial charge in [0, 0.05) is 45.6 Å². The fourth-order valence-electron chi connectivity index (χ4n) is 3.75. The Morgan fingerprint density at radius 1 is 1.14 bits per heavy atom. The van der Waals surface area contributed by atoms with E-state index in [-0.39, 0.29) is 37.9 Å². The maximum Gasteiger partial charge on any atom is 0.329 e. The minimum atomic E-state index is -3.89. The van der Waals surface area contributed by atoms with Crippen LogP contribution in [0.5, 0.6) is 0 Å². The number of carbonyl (C=O) groups excluding carboxylic acids is 2. The molecule has 0 spiro atoms. The molecule has 162 valence electrons. The fraction of sp³-hybridized carbons (Fsp3) is 0.895. The summed E-state index contributed by atoms with van der Waals surface area (Å²) in [5.41, 5.74) is -0.765. The summed E-state index contributed by atoms with van der Waals surface area (Å²) in [5.74, 6) is -0.657. The molecule has 8 nitrogen and oxygen atoms in total. The molecule has 0 bridgehead atoms. The lowest BCUT2D eigenvalue weighted by molar-refractivity contribution is -0.161. The first-order valence-corrected chi connectivity index (χ1v) is 11.3. The summed E-state index contributed by atoms with van der Waals surface area (Å²) < 4.78 is 42.4. The zero-order chi connectivity index (χ0) is 21.0. The van der Waals surface area contributed by atoms with Gasteiger partial charge in [-0.15, -0.1) is 0 Å². The fourth-order valence-corrected chi connectivity index (χ4v) is 5.87. The van der Waals surface area contributed by atoms with Crippen LogP contribution in [0, 0.1) is 5.92 Å². The van der Waals surface area contributed by atoms with Gasteiger partial charge in [0.15, 0.2) is 4.75 Å². The molecule has 2 heterocycles. The van der Waals surface area contributed by atoms with Crippen LogP contribution in [0.1, 0.15) is 59.3 Å². The van der Waals surface area contributed by atoms with Gasteiger partial charge in [-0.1, -0.05) is 0 Å². The first-order valence-electron chi connectivity index (χ1n) is 9.89. The third-order valence-corrected chi connectivity index (χ3v) is 8.07. The van der Waals surface area contributed by atoms with Crippen molar-refractivity contribution in [2.24, 2.45) is 5.92 Å². The zero-order valence-electron chi connectivity index (χ0n) is 17.4. The molecule has 0 aromatic rings. The predicted octanol–water partition coefficient (Wildman–Crippen LogP) is 1.87. The smallest absolute Gasteiger partial charge is 0.329 e. The molecule has 0 radical (unpaired) electrons. The van der Waals surface area contributed by atoms with Gasteiger partial charge in [-0.05, 0) is 46.0 Å². The van der Waals surface area contributed by atoms with Crippen LogP contribution in [0.4, 0.5) is 0 Å². The summed E-state index contributed by atoms with van der Waals surface area (Å²) >= 11 is 0. The normalized spacial score (nSPS) is 21.9. The molecule has 0 aliphatic carbocycles. The van der Waals surface area contributed by atoms with E-state index in [0.717, 1.165) is 0 Å². The standard InChI is InChI=1S/C19H33NO7S/c1-18(2,3)27-17(22)19(9-13-26-14-10-19)28(23,24)20-11-7-15(8-12-20)5-6-16(21)25-4/h15H,5-14H2,1-4H3. The third kappa shape index (κ3) is 5.24. The van der Waals surface area contributed by atoms with Crippen LogP contribution >= 0.6 is 0 Å². The number of sulfonamides is 1. The van der Waals surface area contributed by atoms with E-state index in [2.05, 4.69) is 4.74 Å². The number of hydrogen-bond donors (Lipinski definition) is 0. The Morgan fingerprint density at radius 3 is 2.21 bits per heavy atom. The lowest BCUT2D eigenvalue weighted by Crippen LogP contribution is -2.59. The summed E-state index contributed by atoms with van der Waals surface area (Å²) in [6.45, 7) is 6.33. The summed E-state index contributed by atoms with van der Waals surface area (Å²) in [6.07, 6.45) is 2.56. The molecule has 0 aromatic carbocycles. The molecule has 2 rings (SSSR count). The van der Waals surface area contributed by atoms with Crippen molar-refractivity contribution in [3.05, 3.63) is 0 Å². The molecule has 2 saturated heterocycles. The van der Waals surface area contributed by atoms with Gasteiger partial charge in [-0.2, -0.15) is 0 Å². The molecule has 0 amide bonds. The van der Waals surface area contributed by atoms with E-state index in [0.29, 0.717) is 38.8 Å². The SMILES string of the molecule is COC(=O)CCC1CCN(S(=O)(=O)C2(C(=O)OC(C)(C)C)CCOCC2)CC1. The van der Waals surface area contributed by atoms with Gasteiger partial charge in [0.25, 0.3) is 0 Å². The highest BCUT2D eigenvalue weighted by molar-refractivity contribution is 7.91. The molecule has 0 N–H and O–H groups in total. The van der Waals surface area contributed by atoms with Crippen LogP contribution in [0.3, 0.4) is 0 Å². The molecule has 2 fully saturated rings. The van der Waals surface area contributed by atoms with E-state index < -0.39 is 26.3 Å². The maximum absolute atomic E-state index is 13.5. The molecular formula is C19H33NO7S. The van der Waals surface area contributed by atoms with Crippen LogP contribution in [-0.2, 0) is 33.8 Å². The highest BCUT2D eigenvalue weighted by atomic mass is 32.2. The van der Waals surface area contributed by atoms with E-state index in [1.165, 1.54) is 11.4 Å². The summed E-state index contributed by atoms with van der Waals surface area (Å²) in [7, 11) is -2.53. The van der Waals surface area contributed by atoms with E-state index in [1.807, 2.05) is 0 Å². The molecule has 0 atom stereocenters. The van der Waals surface area contributed by atoms with Crippen molar-refractivity contribution in [1.29, 1.82) is 0 Å². The van der Waals surface area contributed by atoms with Crippen molar-refractivity contribution in [3.8, 4) is 0 Å². The van der Waals surface area contributed by atoms with Gasteiger partial charge in [0.2, 0.25) is 10.0 Å². The predicted molar refractivity (Wildman–Crippen MR) is 103 cm³/mol. The highest BCUT2D eigenvalue weighted by Crippen LogP contribution is 2.37. The van der Waals surface area contributed by atoms with Crippen molar-refractivity contribution in [2.75, 3.05) is 33.4 Å². The van der Waals surface area contributed by atoms with Gasteiger partial charge in [-0.25, -0.2) is 12.7 Å². The Bertz CT molecular complexity index is 654. The highest BCUT2D eigenvalue weighted by Gasteiger charge is 2.56. The van der Waals surface area contributed by atoms with Gasteiger partial charge >= 0.3 is 11.9 Å². The van der Waals surface area contributed by atoms with Crippen molar-refractivity contribution in [3.63, 3.8) is 0 Å². The Morgan fingerprint density at radius 2 is 1.71 bits per heavy atom. The third-order valence-electron chi connectivity index (χ3n) is 5.46. The number of esters is 2. The number of rotatable bonds is 6. The molecule has 28 heavy (non-hydrogen) atoms. The van der Waals surface area contributed by atoms with E-state index in [1.54, 1.807) is 20.8 Å². The lowest BCUT2D eigenvalue weighted by atomic mass is 9.93. The molecule has 2 aliphatic rings. The van der Waals surface area contributed by atoms with Crippen LogP contribution in [-0.4, -0.2) is 68.4 Å². The summed E-state index contributed by atoms with van der Waals surface area (Å²) in [4.78, 5) is 24.3. The van der Waals surface area contributed by atoms with E-state index in [4.69, 9.17) is 9.47 Å². The Labute approximate surface area is 167 Å². The largest absolute Gasteiger partial charge is 0.469 e. The molecule has 0 saturated carbocycles. The Balaban J connectivity index is 2.11. The minimum absolute atomic E-state index is 0.104. The topological polar surface area (TPSA) is 99.2 Å². The molecule has 0 aromatic heterocycles. The maximum atomic E-state index is 13.5. The number of carbonyl (C=O) groups is 2. The second-order valence-corrected chi connectivity index (χ2v) is 10.8. The summed E-state index contributed by atoms with van der Waals surface area (Å²) in [6, 6.07) is 0. The van der Waals surface area contributed by atoms with Crippen molar-refractivity contribution < 1.29 is 32.2 Å². The number of ether oxygens (including phenoxy) is 3. The molecule has 0 unspecified atom stereocenters. The molecular weight excluding hydrogens is 386 g/mol. The van der Waals surface area contributed by atoms with Gasteiger partial charge in [-0.3, -0.25) is 9.59 Å². The van der Waals surface area contributed by atoms with Crippen molar-refractivity contribution >= 4 is 22.0 Å². The first kappa shape index (κ1) is 23.1. The van der Waals surface area contributed by atoms with Gasteiger partial charge in [0.1, 0.15) is 5.60 Å². The second-order valence-electron chi connectivity index (χ2n) is 8.57. The average Bonchev–Trinajstić information content (AvgIpc) is 2.65. The van der Waals surface area contributed by atoms with E-state index in [9.17, 15) is 18.0 Å². The molecule has 9 heteroatoms. The number of hydrogen-bond acceptors (Lipinski definition) is 7. The van der Waals surface area contributed by atoms with Crippen LogP contribution < -0.4 is 0 Å². The van der Waals surface area contributed by atoms with Gasteiger partial charge < -0.3 is 14.2 Å². The number of nitrogens with zero attached hydrogens (tertiary/aromatic N) is 1. The zero-order valence-corrected chi connectivity index (χ0v) is 18.2. The number of methoxy groups -OCH3 is 1. The van der Waals surface area contributed by atoms with Crippen molar-refractivity contribution in [2.45, 2.75) is 69.6 Å². The van der Waals surface area contributed by atoms with Crippen LogP contribution in [0.2, 0.25) is 0 Å². The Hall–Kier alpha value is -1.19. The second kappa shape index (κ2) is 9.09. The quantitative estimate of drug-likeness (QED) is 0.606. The number of piperidine rings is 1. The summed E-state index contributed by atoms with van der Waals surface area (Å²) in [5, 5.41) is 0. The van der Waals surface area contributed by atoms with E-state index >= 15 is 0 Å². The van der Waals surface area contributed by atoms with Crippen LogP contribution in [0.25, 0.3) is 0 Å². The minimum Gasteiger partial charge on any atom is -0.469 e. The monoisotopic (exact) mass is 419 g/mol. The average molecular weight is 420 g/mol. The van der Waals surface area contributed by atoms with Crippen LogP contribution in [0.15, 0.2) is 0 Å².